The molecule has 0 aliphatic rings. The van der Waals surface area contributed by atoms with Gasteiger partial charge in [-0.2, -0.15) is 13.2 Å². The standard InChI is InChI=1S/C18H16ClF3N2O3S/c1-10-7-13(28(23,26)27)9-16(11(10)2)24-17(25)6-4-12-3-5-15(19)14(8-12)18(20,21)22/h3-9H,1-2H3,(H,24,25)(H2,23,26,27)/b6-4+. The molecule has 1 amide bonds. The molecule has 0 bridgehead atoms. The van der Waals surface area contributed by atoms with E-state index < -0.39 is 32.7 Å². The number of halogens is 4. The highest BCUT2D eigenvalue weighted by Gasteiger charge is 2.33. The van der Waals surface area contributed by atoms with Gasteiger partial charge >= 0.3 is 6.18 Å². The number of amides is 1. The lowest BCUT2D eigenvalue weighted by Crippen LogP contribution is -2.15. The molecule has 0 aliphatic carbocycles. The van der Waals surface area contributed by atoms with Crippen molar-refractivity contribution in [2.45, 2.75) is 24.9 Å². The van der Waals surface area contributed by atoms with Crippen molar-refractivity contribution in [3.8, 4) is 0 Å². The zero-order valence-corrected chi connectivity index (χ0v) is 16.3. The minimum Gasteiger partial charge on any atom is -0.322 e. The zero-order valence-electron chi connectivity index (χ0n) is 14.8. The van der Waals surface area contributed by atoms with Crippen LogP contribution >= 0.6 is 11.6 Å². The van der Waals surface area contributed by atoms with Crippen LogP contribution in [-0.2, 0) is 21.0 Å². The molecule has 0 unspecified atom stereocenters. The summed E-state index contributed by atoms with van der Waals surface area (Å²) in [5.41, 5.74) is 0.561. The van der Waals surface area contributed by atoms with Gasteiger partial charge in [0, 0.05) is 11.8 Å². The number of nitrogens with two attached hydrogens (primary N) is 1. The molecule has 3 N–H and O–H groups in total. The zero-order chi connectivity index (χ0) is 21.3. The summed E-state index contributed by atoms with van der Waals surface area (Å²) in [5.74, 6) is -0.655. The number of rotatable bonds is 4. The fourth-order valence-electron chi connectivity index (χ4n) is 2.33. The third-order valence-electron chi connectivity index (χ3n) is 3.95. The van der Waals surface area contributed by atoms with E-state index in [2.05, 4.69) is 5.32 Å². The number of sulfonamides is 1. The topological polar surface area (TPSA) is 89.3 Å². The molecule has 0 spiro atoms. The lowest BCUT2D eigenvalue weighted by Gasteiger charge is -2.12. The third kappa shape index (κ3) is 5.34. The Bertz CT molecular complexity index is 1060. The first-order valence-corrected chi connectivity index (χ1v) is 9.71. The normalized spacial score (nSPS) is 12.4. The van der Waals surface area contributed by atoms with Crippen LogP contribution in [0.4, 0.5) is 18.9 Å². The van der Waals surface area contributed by atoms with Gasteiger partial charge in [0.2, 0.25) is 15.9 Å². The molecule has 2 aromatic rings. The molecule has 150 valence electrons. The summed E-state index contributed by atoms with van der Waals surface area (Å²) in [6, 6.07) is 5.84. The molecule has 0 heterocycles. The monoisotopic (exact) mass is 432 g/mol. The average molecular weight is 433 g/mol. The van der Waals surface area contributed by atoms with Gasteiger partial charge in [-0.1, -0.05) is 17.7 Å². The van der Waals surface area contributed by atoms with Crippen LogP contribution in [0, 0.1) is 13.8 Å². The number of carbonyl (C=O) groups excluding carboxylic acids is 1. The van der Waals surface area contributed by atoms with Crippen LogP contribution in [0.1, 0.15) is 22.3 Å². The summed E-state index contributed by atoms with van der Waals surface area (Å²) in [7, 11) is -3.97. The highest BCUT2D eigenvalue weighted by molar-refractivity contribution is 7.89. The highest BCUT2D eigenvalue weighted by Crippen LogP contribution is 2.35. The van der Waals surface area contributed by atoms with Crippen molar-refractivity contribution in [3.63, 3.8) is 0 Å². The van der Waals surface area contributed by atoms with E-state index >= 15 is 0 Å². The predicted octanol–water partition coefficient (Wildman–Crippen LogP) is 4.27. The first kappa shape index (κ1) is 21.9. The van der Waals surface area contributed by atoms with Gasteiger partial charge in [-0.15, -0.1) is 0 Å². The van der Waals surface area contributed by atoms with Crippen LogP contribution in [0.2, 0.25) is 5.02 Å². The molecule has 0 atom stereocenters. The largest absolute Gasteiger partial charge is 0.417 e. The second-order valence-electron chi connectivity index (χ2n) is 6.02. The molecule has 0 aromatic heterocycles. The maximum Gasteiger partial charge on any atom is 0.417 e. The van der Waals surface area contributed by atoms with E-state index in [4.69, 9.17) is 16.7 Å². The van der Waals surface area contributed by atoms with Gasteiger partial charge in [-0.05, 0) is 60.9 Å². The third-order valence-corrected chi connectivity index (χ3v) is 5.17. The Morgan fingerprint density at radius 3 is 2.39 bits per heavy atom. The van der Waals surface area contributed by atoms with Crippen molar-refractivity contribution in [1.82, 2.24) is 0 Å². The maximum atomic E-state index is 12.9. The number of hydrogen-bond donors (Lipinski definition) is 2. The van der Waals surface area contributed by atoms with E-state index in [1.54, 1.807) is 13.8 Å². The van der Waals surface area contributed by atoms with Crippen LogP contribution < -0.4 is 10.5 Å². The van der Waals surface area contributed by atoms with Crippen molar-refractivity contribution >= 4 is 39.3 Å². The number of benzene rings is 2. The number of nitrogens with one attached hydrogen (secondary N) is 1. The van der Waals surface area contributed by atoms with Crippen molar-refractivity contribution in [1.29, 1.82) is 0 Å². The molecule has 0 fully saturated rings. The average Bonchev–Trinajstić information content (AvgIpc) is 2.56. The Balaban J connectivity index is 2.27. The number of primary sulfonamides is 1. The molecule has 28 heavy (non-hydrogen) atoms. The van der Waals surface area contributed by atoms with E-state index in [1.165, 1.54) is 24.3 Å². The molecule has 10 heteroatoms. The van der Waals surface area contributed by atoms with Crippen molar-refractivity contribution in [2.75, 3.05) is 5.32 Å². The molecule has 0 radical (unpaired) electrons. The van der Waals surface area contributed by atoms with Crippen molar-refractivity contribution < 1.29 is 26.4 Å². The highest BCUT2D eigenvalue weighted by atomic mass is 35.5. The second kappa shape index (κ2) is 7.94. The molecule has 0 aliphatic heterocycles. The molecular weight excluding hydrogens is 417 g/mol. The van der Waals surface area contributed by atoms with E-state index in [0.29, 0.717) is 11.1 Å². The fourth-order valence-corrected chi connectivity index (χ4v) is 3.18. The number of hydrogen-bond acceptors (Lipinski definition) is 3. The van der Waals surface area contributed by atoms with E-state index in [9.17, 15) is 26.4 Å². The Labute approximate surface area is 165 Å². The number of anilines is 1. The summed E-state index contributed by atoms with van der Waals surface area (Å²) in [6.45, 7) is 3.33. The summed E-state index contributed by atoms with van der Waals surface area (Å²) in [4.78, 5) is 12.0. The van der Waals surface area contributed by atoms with Gasteiger partial charge in [0.05, 0.1) is 15.5 Å². The minimum absolute atomic E-state index is 0.123. The molecule has 0 saturated carbocycles. The van der Waals surface area contributed by atoms with Crippen LogP contribution in [0.25, 0.3) is 6.08 Å². The Hall–Kier alpha value is -2.36. The van der Waals surface area contributed by atoms with Gasteiger partial charge in [-0.25, -0.2) is 13.6 Å². The number of carbonyl (C=O) groups is 1. The van der Waals surface area contributed by atoms with Crippen molar-refractivity contribution in [2.24, 2.45) is 5.14 Å². The smallest absolute Gasteiger partial charge is 0.322 e. The van der Waals surface area contributed by atoms with Crippen LogP contribution in [-0.4, -0.2) is 14.3 Å². The summed E-state index contributed by atoms with van der Waals surface area (Å²) >= 11 is 5.55. The minimum atomic E-state index is -4.62. The van der Waals surface area contributed by atoms with E-state index in [1.807, 2.05) is 0 Å². The first-order chi connectivity index (χ1) is 12.8. The van der Waals surface area contributed by atoms with E-state index in [-0.39, 0.29) is 16.1 Å². The molecule has 2 aromatic carbocycles. The summed E-state index contributed by atoms with van der Waals surface area (Å²) in [6.07, 6.45) is -2.40. The molecular formula is C18H16ClF3N2O3S. The predicted molar refractivity (Wildman–Crippen MR) is 101 cm³/mol. The quantitative estimate of drug-likeness (QED) is 0.707. The first-order valence-electron chi connectivity index (χ1n) is 7.79. The lowest BCUT2D eigenvalue weighted by molar-refractivity contribution is -0.137. The lowest BCUT2D eigenvalue weighted by atomic mass is 10.1. The molecule has 5 nitrogen and oxygen atoms in total. The second-order valence-corrected chi connectivity index (χ2v) is 7.99. The molecule has 0 saturated heterocycles. The van der Waals surface area contributed by atoms with Crippen LogP contribution in [0.15, 0.2) is 41.3 Å². The van der Waals surface area contributed by atoms with Crippen LogP contribution in [0.3, 0.4) is 0 Å². The SMILES string of the molecule is Cc1cc(S(N)(=O)=O)cc(NC(=O)/C=C/c2ccc(Cl)c(C(F)(F)F)c2)c1C. The fraction of sp³-hybridized carbons (Fsp3) is 0.167. The van der Waals surface area contributed by atoms with Gasteiger partial charge in [0.15, 0.2) is 0 Å². The Morgan fingerprint density at radius 2 is 1.82 bits per heavy atom. The van der Waals surface area contributed by atoms with Gasteiger partial charge in [0.25, 0.3) is 0 Å². The maximum absolute atomic E-state index is 12.9. The van der Waals surface area contributed by atoms with Gasteiger partial charge < -0.3 is 5.32 Å². The number of alkyl halides is 3. The van der Waals surface area contributed by atoms with Crippen molar-refractivity contribution in [3.05, 3.63) is 63.7 Å². The summed E-state index contributed by atoms with van der Waals surface area (Å²) in [5, 5.41) is 7.17. The summed E-state index contributed by atoms with van der Waals surface area (Å²) < 4.78 is 61.7. The van der Waals surface area contributed by atoms with Gasteiger partial charge in [0.1, 0.15) is 0 Å². The van der Waals surface area contributed by atoms with Gasteiger partial charge in [-0.3, -0.25) is 4.79 Å². The Morgan fingerprint density at radius 1 is 1.18 bits per heavy atom. The number of aryl methyl sites for hydroxylation is 1. The van der Waals surface area contributed by atoms with E-state index in [0.717, 1.165) is 18.2 Å². The molecule has 2 rings (SSSR count). The Kier molecular flexibility index (Phi) is 6.22. The van der Waals surface area contributed by atoms with Crippen LogP contribution in [0.5, 0.6) is 0 Å².